The van der Waals surface area contributed by atoms with Crippen LogP contribution in [0.4, 0.5) is 0 Å². The molecule has 0 radical (unpaired) electrons. The van der Waals surface area contributed by atoms with Gasteiger partial charge in [0.2, 0.25) is 0 Å². The molecule has 3 N–H and O–H groups in total. The van der Waals surface area contributed by atoms with E-state index in [4.69, 9.17) is 5.84 Å². The van der Waals surface area contributed by atoms with Crippen LogP contribution in [-0.2, 0) is 0 Å². The fraction of sp³-hybridized carbons (Fsp3) is 1.00. The third-order valence-electron chi connectivity index (χ3n) is 4.30. The molecule has 0 saturated heterocycles. The molecule has 1 fully saturated rings. The van der Waals surface area contributed by atoms with Crippen molar-refractivity contribution in [2.45, 2.75) is 77.7 Å². The third kappa shape index (κ3) is 4.42. The minimum Gasteiger partial charge on any atom is -0.271 e. The fourth-order valence-electron chi connectivity index (χ4n) is 3.14. The molecule has 3 atom stereocenters. The van der Waals surface area contributed by atoms with E-state index in [0.717, 1.165) is 11.8 Å². The lowest BCUT2D eigenvalue weighted by Crippen LogP contribution is -2.42. The largest absolute Gasteiger partial charge is 0.271 e. The predicted molar refractivity (Wildman–Crippen MR) is 71.0 cm³/mol. The van der Waals surface area contributed by atoms with E-state index in [0.29, 0.717) is 6.04 Å². The maximum Gasteiger partial charge on any atom is 0.0238 e. The van der Waals surface area contributed by atoms with Crippen molar-refractivity contribution in [1.29, 1.82) is 0 Å². The molecule has 0 bridgehead atoms. The highest BCUT2D eigenvalue weighted by Gasteiger charge is 2.26. The molecule has 16 heavy (non-hydrogen) atoms. The molecule has 1 rings (SSSR count). The lowest BCUT2D eigenvalue weighted by atomic mass is 9.76. The molecule has 1 aliphatic carbocycles. The number of hydrazine groups is 1. The van der Waals surface area contributed by atoms with Gasteiger partial charge in [-0.15, -0.1) is 0 Å². The van der Waals surface area contributed by atoms with Gasteiger partial charge in [0, 0.05) is 6.04 Å². The van der Waals surface area contributed by atoms with Crippen LogP contribution in [0.5, 0.6) is 0 Å². The summed E-state index contributed by atoms with van der Waals surface area (Å²) in [4.78, 5) is 0. The molecule has 0 spiro atoms. The van der Waals surface area contributed by atoms with Gasteiger partial charge >= 0.3 is 0 Å². The zero-order valence-corrected chi connectivity index (χ0v) is 11.2. The SMILES string of the molecule is CCCCCC(NN)C1CCCC(CC)C1. The van der Waals surface area contributed by atoms with E-state index < -0.39 is 0 Å². The Morgan fingerprint density at radius 2 is 2.06 bits per heavy atom. The quantitative estimate of drug-likeness (QED) is 0.395. The van der Waals surface area contributed by atoms with E-state index in [1.165, 1.54) is 57.8 Å². The van der Waals surface area contributed by atoms with Crippen molar-refractivity contribution in [1.82, 2.24) is 5.43 Å². The molecule has 0 heterocycles. The van der Waals surface area contributed by atoms with Crippen molar-refractivity contribution in [3.63, 3.8) is 0 Å². The van der Waals surface area contributed by atoms with Gasteiger partial charge in [0.1, 0.15) is 0 Å². The first kappa shape index (κ1) is 14.0. The van der Waals surface area contributed by atoms with Crippen LogP contribution < -0.4 is 11.3 Å². The van der Waals surface area contributed by atoms with E-state index in [1.807, 2.05) is 0 Å². The highest BCUT2D eigenvalue weighted by Crippen LogP contribution is 2.33. The van der Waals surface area contributed by atoms with Crippen molar-refractivity contribution >= 4 is 0 Å². The first-order chi connectivity index (χ1) is 7.81. The molecule has 2 nitrogen and oxygen atoms in total. The topological polar surface area (TPSA) is 38.0 Å². The first-order valence-corrected chi connectivity index (χ1v) is 7.27. The summed E-state index contributed by atoms with van der Waals surface area (Å²) in [5.41, 5.74) is 3.08. The molecule has 0 amide bonds. The van der Waals surface area contributed by atoms with E-state index in [2.05, 4.69) is 19.3 Å². The Hall–Kier alpha value is -0.0800. The van der Waals surface area contributed by atoms with Gasteiger partial charge in [0.05, 0.1) is 0 Å². The molecular weight excluding hydrogens is 196 g/mol. The molecule has 2 heteroatoms. The van der Waals surface area contributed by atoms with Gasteiger partial charge in [-0.1, -0.05) is 52.4 Å². The second kappa shape index (κ2) is 8.08. The van der Waals surface area contributed by atoms with E-state index >= 15 is 0 Å². The number of hydrogen-bond donors (Lipinski definition) is 2. The number of unbranched alkanes of at least 4 members (excludes halogenated alkanes) is 2. The first-order valence-electron chi connectivity index (χ1n) is 7.27. The normalized spacial score (nSPS) is 27.9. The second-order valence-corrected chi connectivity index (χ2v) is 5.47. The Morgan fingerprint density at radius 1 is 1.25 bits per heavy atom. The minimum atomic E-state index is 0.570. The Bertz CT molecular complexity index is 170. The summed E-state index contributed by atoms with van der Waals surface area (Å²) in [6, 6.07) is 0.570. The predicted octanol–water partition coefficient (Wildman–Crippen LogP) is 3.62. The Labute approximate surface area is 101 Å². The molecular formula is C14H30N2. The van der Waals surface area contributed by atoms with E-state index in [1.54, 1.807) is 0 Å². The van der Waals surface area contributed by atoms with Crippen molar-refractivity contribution in [2.75, 3.05) is 0 Å². The summed E-state index contributed by atoms with van der Waals surface area (Å²) in [6.07, 6.45) is 12.2. The van der Waals surface area contributed by atoms with Gasteiger partial charge in [-0.3, -0.25) is 11.3 Å². The molecule has 96 valence electrons. The maximum atomic E-state index is 5.72. The molecule has 0 aromatic carbocycles. The molecule has 1 aliphatic rings. The van der Waals surface area contributed by atoms with Crippen LogP contribution in [0.1, 0.15) is 71.6 Å². The zero-order valence-electron chi connectivity index (χ0n) is 11.2. The van der Waals surface area contributed by atoms with Crippen LogP contribution in [0, 0.1) is 11.8 Å². The van der Waals surface area contributed by atoms with Crippen LogP contribution in [0.3, 0.4) is 0 Å². The molecule has 0 aromatic heterocycles. The number of nitrogens with two attached hydrogens (primary N) is 1. The molecule has 1 saturated carbocycles. The third-order valence-corrected chi connectivity index (χ3v) is 4.30. The van der Waals surface area contributed by atoms with Crippen LogP contribution in [-0.4, -0.2) is 6.04 Å². The standard InChI is InChI=1S/C14H30N2/c1-3-5-6-10-14(16-15)13-9-7-8-12(4-2)11-13/h12-14,16H,3-11,15H2,1-2H3. The van der Waals surface area contributed by atoms with Crippen LogP contribution >= 0.6 is 0 Å². The summed E-state index contributed by atoms with van der Waals surface area (Å²) >= 11 is 0. The summed E-state index contributed by atoms with van der Waals surface area (Å²) in [7, 11) is 0. The summed E-state index contributed by atoms with van der Waals surface area (Å²) in [6.45, 7) is 4.59. The van der Waals surface area contributed by atoms with Crippen LogP contribution in [0.2, 0.25) is 0 Å². The number of rotatable bonds is 7. The van der Waals surface area contributed by atoms with Crippen LogP contribution in [0.25, 0.3) is 0 Å². The van der Waals surface area contributed by atoms with Gasteiger partial charge in [-0.25, -0.2) is 0 Å². The Kier molecular flexibility index (Phi) is 7.06. The van der Waals surface area contributed by atoms with Crippen molar-refractivity contribution in [3.05, 3.63) is 0 Å². The minimum absolute atomic E-state index is 0.570. The summed E-state index contributed by atoms with van der Waals surface area (Å²) in [5, 5.41) is 0. The van der Waals surface area contributed by atoms with Gasteiger partial charge < -0.3 is 0 Å². The van der Waals surface area contributed by atoms with Gasteiger partial charge in [0.15, 0.2) is 0 Å². The highest BCUT2D eigenvalue weighted by molar-refractivity contribution is 4.81. The Morgan fingerprint density at radius 3 is 2.69 bits per heavy atom. The maximum absolute atomic E-state index is 5.72. The van der Waals surface area contributed by atoms with Crippen molar-refractivity contribution < 1.29 is 0 Å². The summed E-state index contributed by atoms with van der Waals surface area (Å²) in [5.74, 6) is 7.52. The van der Waals surface area contributed by atoms with E-state index in [-0.39, 0.29) is 0 Å². The van der Waals surface area contributed by atoms with E-state index in [9.17, 15) is 0 Å². The Balaban J connectivity index is 2.32. The lowest BCUT2D eigenvalue weighted by Gasteiger charge is -2.34. The van der Waals surface area contributed by atoms with Crippen LogP contribution in [0.15, 0.2) is 0 Å². The molecule has 0 aromatic rings. The highest BCUT2D eigenvalue weighted by atomic mass is 15.2. The summed E-state index contributed by atoms with van der Waals surface area (Å²) < 4.78 is 0. The average molecular weight is 226 g/mol. The smallest absolute Gasteiger partial charge is 0.0238 e. The van der Waals surface area contributed by atoms with Crippen molar-refractivity contribution in [3.8, 4) is 0 Å². The number of nitrogens with one attached hydrogen (secondary N) is 1. The van der Waals surface area contributed by atoms with Gasteiger partial charge in [0.25, 0.3) is 0 Å². The number of hydrogen-bond acceptors (Lipinski definition) is 2. The lowest BCUT2D eigenvalue weighted by molar-refractivity contribution is 0.200. The van der Waals surface area contributed by atoms with Gasteiger partial charge in [-0.05, 0) is 31.1 Å². The second-order valence-electron chi connectivity index (χ2n) is 5.47. The monoisotopic (exact) mass is 226 g/mol. The van der Waals surface area contributed by atoms with Gasteiger partial charge in [-0.2, -0.15) is 0 Å². The fourth-order valence-corrected chi connectivity index (χ4v) is 3.14. The molecule has 0 aliphatic heterocycles. The van der Waals surface area contributed by atoms with Crippen molar-refractivity contribution in [2.24, 2.45) is 17.7 Å². The molecule has 3 unspecified atom stereocenters. The average Bonchev–Trinajstić information content (AvgIpc) is 2.35. The zero-order chi connectivity index (χ0) is 11.8.